The normalized spacial score (nSPS) is 20.3. The molecule has 1 aromatic heterocycles. The summed E-state index contributed by atoms with van der Waals surface area (Å²) in [6, 6.07) is 0. The van der Waals surface area contributed by atoms with Gasteiger partial charge in [-0.05, 0) is 97.4 Å². The van der Waals surface area contributed by atoms with E-state index in [0.717, 1.165) is 68.5 Å². The van der Waals surface area contributed by atoms with E-state index in [1.165, 1.54) is 51.7 Å². The molecule has 2 fully saturated rings. The molecule has 0 spiro atoms. The van der Waals surface area contributed by atoms with Crippen LogP contribution in [0.2, 0.25) is 0 Å². The summed E-state index contributed by atoms with van der Waals surface area (Å²) in [5, 5.41) is 6.95. The lowest BCUT2D eigenvalue weighted by atomic mass is 9.97. The second-order valence-electron chi connectivity index (χ2n) is 9.49. The van der Waals surface area contributed by atoms with Crippen molar-refractivity contribution >= 4 is 5.96 Å². The summed E-state index contributed by atoms with van der Waals surface area (Å²) in [7, 11) is 0. The Balaban J connectivity index is 1.33. The number of aliphatic imine (C=N–C) groups is 1. The third-order valence-corrected chi connectivity index (χ3v) is 6.81. The van der Waals surface area contributed by atoms with Crippen LogP contribution in [0.3, 0.4) is 0 Å². The molecule has 0 aliphatic carbocycles. The van der Waals surface area contributed by atoms with Crippen molar-refractivity contribution in [1.82, 2.24) is 25.4 Å². The highest BCUT2D eigenvalue weighted by molar-refractivity contribution is 5.79. The lowest BCUT2D eigenvalue weighted by Gasteiger charge is -2.30. The number of aromatic nitrogens is 1. The van der Waals surface area contributed by atoms with Gasteiger partial charge < -0.3 is 20.0 Å². The Hall–Kier alpha value is -1.60. The highest BCUT2D eigenvalue weighted by Crippen LogP contribution is 2.20. The van der Waals surface area contributed by atoms with Crippen molar-refractivity contribution in [2.75, 3.05) is 52.4 Å². The van der Waals surface area contributed by atoms with Gasteiger partial charge in [0.1, 0.15) is 5.76 Å². The monoisotopic (exact) mass is 432 g/mol. The molecular formula is C24H44N6O. The Bertz CT molecular complexity index is 652. The van der Waals surface area contributed by atoms with Gasteiger partial charge in [0.15, 0.2) is 5.96 Å². The van der Waals surface area contributed by atoms with Crippen LogP contribution in [0.5, 0.6) is 0 Å². The summed E-state index contributed by atoms with van der Waals surface area (Å²) >= 11 is 0. The number of hydrogen-bond acceptors (Lipinski definition) is 5. The van der Waals surface area contributed by atoms with Crippen LogP contribution in [0.1, 0.15) is 63.3 Å². The molecule has 2 saturated heterocycles. The number of nitrogens with zero attached hydrogens (tertiary/aromatic N) is 4. The topological polar surface area (TPSA) is 68.9 Å². The quantitative estimate of drug-likeness (QED) is 0.355. The zero-order valence-electron chi connectivity index (χ0n) is 20.3. The average molecular weight is 433 g/mol. The Kier molecular flexibility index (Phi) is 9.65. The Morgan fingerprint density at radius 3 is 2.42 bits per heavy atom. The molecular weight excluding hydrogens is 388 g/mol. The van der Waals surface area contributed by atoms with Gasteiger partial charge in [0.25, 0.3) is 0 Å². The SMILES string of the molecule is CCNC(=NCC1CCN(Cc2nc(C)c(C)o2)CC1)NCCCN1CCC(C)CC1. The number of hydrogen-bond donors (Lipinski definition) is 2. The summed E-state index contributed by atoms with van der Waals surface area (Å²) in [5.74, 6) is 4.33. The van der Waals surface area contributed by atoms with Crippen LogP contribution < -0.4 is 10.6 Å². The molecule has 3 heterocycles. The number of rotatable bonds is 9. The molecule has 0 radical (unpaired) electrons. The maximum Gasteiger partial charge on any atom is 0.208 e. The molecule has 2 aliphatic heterocycles. The van der Waals surface area contributed by atoms with Gasteiger partial charge in [0.05, 0.1) is 12.2 Å². The van der Waals surface area contributed by atoms with Crippen LogP contribution in [0.4, 0.5) is 0 Å². The first-order valence-corrected chi connectivity index (χ1v) is 12.4. The molecule has 3 rings (SSSR count). The maximum absolute atomic E-state index is 5.75. The van der Waals surface area contributed by atoms with Gasteiger partial charge >= 0.3 is 0 Å². The second-order valence-corrected chi connectivity index (χ2v) is 9.49. The lowest BCUT2D eigenvalue weighted by Crippen LogP contribution is -2.40. The fraction of sp³-hybridized carbons (Fsp3) is 0.833. The fourth-order valence-corrected chi connectivity index (χ4v) is 4.48. The summed E-state index contributed by atoms with van der Waals surface area (Å²) < 4.78 is 5.75. The van der Waals surface area contributed by atoms with Gasteiger partial charge in [-0.15, -0.1) is 0 Å². The van der Waals surface area contributed by atoms with Crippen LogP contribution in [0, 0.1) is 25.7 Å². The molecule has 0 atom stereocenters. The summed E-state index contributed by atoms with van der Waals surface area (Å²) in [4.78, 5) is 14.5. The predicted octanol–water partition coefficient (Wildman–Crippen LogP) is 3.18. The molecule has 7 nitrogen and oxygen atoms in total. The summed E-state index contributed by atoms with van der Waals surface area (Å²) in [6.07, 6.45) is 6.27. The zero-order chi connectivity index (χ0) is 22.1. The number of likely N-dealkylation sites (tertiary alicyclic amines) is 2. The van der Waals surface area contributed by atoms with Gasteiger partial charge in [-0.1, -0.05) is 6.92 Å². The van der Waals surface area contributed by atoms with Crippen molar-refractivity contribution < 1.29 is 4.42 Å². The van der Waals surface area contributed by atoms with Crippen LogP contribution >= 0.6 is 0 Å². The van der Waals surface area contributed by atoms with Gasteiger partial charge in [-0.2, -0.15) is 0 Å². The van der Waals surface area contributed by atoms with E-state index in [9.17, 15) is 0 Å². The minimum Gasteiger partial charge on any atom is -0.444 e. The first-order valence-electron chi connectivity index (χ1n) is 12.4. The number of nitrogens with one attached hydrogen (secondary N) is 2. The van der Waals surface area contributed by atoms with Gasteiger partial charge in [0, 0.05) is 19.6 Å². The highest BCUT2D eigenvalue weighted by atomic mass is 16.4. The molecule has 2 aliphatic rings. The summed E-state index contributed by atoms with van der Waals surface area (Å²) in [5.41, 5.74) is 1.01. The van der Waals surface area contributed by atoms with Crippen molar-refractivity contribution in [3.63, 3.8) is 0 Å². The Morgan fingerprint density at radius 2 is 1.77 bits per heavy atom. The van der Waals surface area contributed by atoms with E-state index in [1.54, 1.807) is 0 Å². The molecule has 31 heavy (non-hydrogen) atoms. The van der Waals surface area contributed by atoms with E-state index >= 15 is 0 Å². The van der Waals surface area contributed by atoms with E-state index in [0.29, 0.717) is 5.92 Å². The first-order chi connectivity index (χ1) is 15.0. The van der Waals surface area contributed by atoms with Crippen molar-refractivity contribution in [3.8, 4) is 0 Å². The molecule has 1 aromatic rings. The lowest BCUT2D eigenvalue weighted by molar-refractivity contribution is 0.166. The fourth-order valence-electron chi connectivity index (χ4n) is 4.48. The van der Waals surface area contributed by atoms with E-state index in [1.807, 2.05) is 13.8 Å². The van der Waals surface area contributed by atoms with Crippen molar-refractivity contribution in [2.24, 2.45) is 16.8 Å². The Labute approximate surface area is 189 Å². The molecule has 7 heteroatoms. The van der Waals surface area contributed by atoms with Gasteiger partial charge in [-0.25, -0.2) is 4.98 Å². The average Bonchev–Trinajstić information content (AvgIpc) is 3.08. The zero-order valence-corrected chi connectivity index (χ0v) is 20.3. The van der Waals surface area contributed by atoms with E-state index in [4.69, 9.17) is 9.41 Å². The largest absolute Gasteiger partial charge is 0.444 e. The highest BCUT2D eigenvalue weighted by Gasteiger charge is 2.21. The Morgan fingerprint density at radius 1 is 1.06 bits per heavy atom. The predicted molar refractivity (Wildman–Crippen MR) is 127 cm³/mol. The maximum atomic E-state index is 5.75. The van der Waals surface area contributed by atoms with Crippen LogP contribution in [-0.2, 0) is 6.54 Å². The molecule has 0 aromatic carbocycles. The first kappa shape index (κ1) is 24.1. The van der Waals surface area contributed by atoms with Crippen molar-refractivity contribution in [3.05, 3.63) is 17.3 Å². The van der Waals surface area contributed by atoms with Crippen molar-refractivity contribution in [2.45, 2.75) is 66.3 Å². The second kappa shape index (κ2) is 12.4. The van der Waals surface area contributed by atoms with Crippen LogP contribution in [0.25, 0.3) is 0 Å². The molecule has 0 saturated carbocycles. The van der Waals surface area contributed by atoms with Crippen molar-refractivity contribution in [1.29, 1.82) is 0 Å². The van der Waals surface area contributed by atoms with E-state index in [-0.39, 0.29) is 0 Å². The molecule has 0 unspecified atom stereocenters. The number of oxazole rings is 1. The molecule has 0 amide bonds. The minimum absolute atomic E-state index is 0.662. The summed E-state index contributed by atoms with van der Waals surface area (Å²) in [6.45, 7) is 18.1. The smallest absolute Gasteiger partial charge is 0.208 e. The number of piperidine rings is 2. The number of guanidine groups is 1. The van der Waals surface area contributed by atoms with E-state index in [2.05, 4.69) is 39.3 Å². The van der Waals surface area contributed by atoms with Gasteiger partial charge in [-0.3, -0.25) is 9.89 Å². The van der Waals surface area contributed by atoms with E-state index < -0.39 is 0 Å². The van der Waals surface area contributed by atoms with Crippen LogP contribution in [-0.4, -0.2) is 73.1 Å². The molecule has 2 N–H and O–H groups in total. The standard InChI is InChI=1S/C24H44N6O/c1-5-25-24(26-11-6-12-29-13-7-19(2)8-14-29)27-17-22-9-15-30(16-10-22)18-23-28-20(3)21(4)31-23/h19,22H,5-18H2,1-4H3,(H2,25,26,27). The minimum atomic E-state index is 0.662. The third-order valence-electron chi connectivity index (χ3n) is 6.81. The van der Waals surface area contributed by atoms with Gasteiger partial charge in [0.2, 0.25) is 5.89 Å². The number of aryl methyl sites for hydroxylation is 2. The molecule has 0 bridgehead atoms. The molecule has 176 valence electrons. The third kappa shape index (κ3) is 8.11. The van der Waals surface area contributed by atoms with Crippen LogP contribution in [0.15, 0.2) is 9.41 Å².